The molecule has 5 nitrogen and oxygen atoms in total. The van der Waals surface area contributed by atoms with Crippen LogP contribution in [0.25, 0.3) is 11.4 Å². The highest BCUT2D eigenvalue weighted by molar-refractivity contribution is 5.54. The van der Waals surface area contributed by atoms with Crippen molar-refractivity contribution in [2.45, 2.75) is 32.8 Å². The normalized spacial score (nSPS) is 19.2. The Hall–Kier alpha value is -1.79. The molecule has 1 aliphatic rings. The smallest absolute Gasteiger partial charge is 0.227 e. The molecule has 1 aromatic carbocycles. The van der Waals surface area contributed by atoms with Crippen molar-refractivity contribution in [1.29, 1.82) is 0 Å². The molecule has 0 spiro atoms. The third-order valence-corrected chi connectivity index (χ3v) is 4.09. The van der Waals surface area contributed by atoms with Crippen molar-refractivity contribution < 1.29 is 13.7 Å². The van der Waals surface area contributed by atoms with Crippen molar-refractivity contribution in [2.75, 3.05) is 26.2 Å². The largest absolute Gasteiger partial charge is 0.376 e. The summed E-state index contributed by atoms with van der Waals surface area (Å²) < 4.78 is 24.4. The van der Waals surface area contributed by atoms with Gasteiger partial charge in [0.2, 0.25) is 11.7 Å². The summed E-state index contributed by atoms with van der Waals surface area (Å²) in [6, 6.07) is 4.97. The van der Waals surface area contributed by atoms with Crippen LogP contribution >= 0.6 is 0 Å². The number of nitrogens with zero attached hydrogens (tertiary/aromatic N) is 3. The lowest BCUT2D eigenvalue weighted by molar-refractivity contribution is -0.0185. The average molecular weight is 319 g/mol. The SMILES string of the molecule is Cc1ccc(-c2noc(CCCN3CCO[C@@H](C)C3)n2)cc1F. The Morgan fingerprint density at radius 2 is 2.26 bits per heavy atom. The number of benzene rings is 1. The van der Waals surface area contributed by atoms with Gasteiger partial charge in [0.15, 0.2) is 0 Å². The monoisotopic (exact) mass is 319 g/mol. The highest BCUT2D eigenvalue weighted by atomic mass is 19.1. The van der Waals surface area contributed by atoms with E-state index < -0.39 is 0 Å². The van der Waals surface area contributed by atoms with E-state index in [9.17, 15) is 4.39 Å². The fraction of sp³-hybridized carbons (Fsp3) is 0.529. The molecule has 0 aliphatic carbocycles. The van der Waals surface area contributed by atoms with Crippen LogP contribution in [-0.2, 0) is 11.2 Å². The molecule has 0 N–H and O–H groups in total. The van der Waals surface area contributed by atoms with Crippen LogP contribution < -0.4 is 0 Å². The quantitative estimate of drug-likeness (QED) is 0.848. The summed E-state index contributed by atoms with van der Waals surface area (Å²) >= 11 is 0. The lowest BCUT2D eigenvalue weighted by Crippen LogP contribution is -2.41. The molecule has 2 aromatic rings. The molecule has 1 saturated heterocycles. The van der Waals surface area contributed by atoms with Gasteiger partial charge < -0.3 is 9.26 Å². The zero-order valence-corrected chi connectivity index (χ0v) is 13.6. The van der Waals surface area contributed by atoms with Gasteiger partial charge in [-0.1, -0.05) is 17.3 Å². The van der Waals surface area contributed by atoms with Crippen molar-refractivity contribution in [2.24, 2.45) is 0 Å². The van der Waals surface area contributed by atoms with Gasteiger partial charge in [0.05, 0.1) is 12.7 Å². The third kappa shape index (κ3) is 4.14. The van der Waals surface area contributed by atoms with Crippen molar-refractivity contribution in [1.82, 2.24) is 15.0 Å². The summed E-state index contributed by atoms with van der Waals surface area (Å²) in [4.78, 5) is 6.75. The Bertz CT molecular complexity index is 659. The second-order valence-electron chi connectivity index (χ2n) is 6.06. The van der Waals surface area contributed by atoms with Gasteiger partial charge in [-0.05, 0) is 38.4 Å². The van der Waals surface area contributed by atoms with E-state index in [0.717, 1.165) is 39.1 Å². The number of aromatic nitrogens is 2. The zero-order valence-electron chi connectivity index (χ0n) is 13.6. The Kier molecular flexibility index (Phi) is 5.03. The van der Waals surface area contributed by atoms with E-state index in [0.29, 0.717) is 28.9 Å². The highest BCUT2D eigenvalue weighted by Gasteiger charge is 2.16. The molecule has 0 radical (unpaired) electrons. The molecule has 124 valence electrons. The van der Waals surface area contributed by atoms with Gasteiger partial charge in [-0.3, -0.25) is 4.90 Å². The summed E-state index contributed by atoms with van der Waals surface area (Å²) in [7, 11) is 0. The summed E-state index contributed by atoms with van der Waals surface area (Å²) in [6.45, 7) is 7.56. The van der Waals surface area contributed by atoms with Gasteiger partial charge >= 0.3 is 0 Å². The number of morpholine rings is 1. The zero-order chi connectivity index (χ0) is 16.2. The molecule has 6 heteroatoms. The first-order valence-corrected chi connectivity index (χ1v) is 8.05. The topological polar surface area (TPSA) is 51.4 Å². The van der Waals surface area contributed by atoms with Crippen LogP contribution in [0.2, 0.25) is 0 Å². The Balaban J connectivity index is 1.54. The van der Waals surface area contributed by atoms with E-state index in [1.165, 1.54) is 6.07 Å². The minimum absolute atomic E-state index is 0.254. The van der Waals surface area contributed by atoms with Gasteiger partial charge in [0.1, 0.15) is 5.82 Å². The Morgan fingerprint density at radius 1 is 1.39 bits per heavy atom. The van der Waals surface area contributed by atoms with Crippen molar-refractivity contribution in [3.8, 4) is 11.4 Å². The molecule has 1 aromatic heterocycles. The summed E-state index contributed by atoms with van der Waals surface area (Å²) in [5.74, 6) is 0.788. The van der Waals surface area contributed by atoms with Crippen LogP contribution in [0.3, 0.4) is 0 Å². The van der Waals surface area contributed by atoms with E-state index >= 15 is 0 Å². The van der Waals surface area contributed by atoms with Crippen LogP contribution in [0.4, 0.5) is 4.39 Å². The second kappa shape index (κ2) is 7.19. The first kappa shape index (κ1) is 16.1. The van der Waals surface area contributed by atoms with Gasteiger partial charge in [-0.15, -0.1) is 0 Å². The number of hydrogen-bond donors (Lipinski definition) is 0. The standard InChI is InChI=1S/C17H22FN3O2/c1-12-5-6-14(10-15(12)18)17-19-16(23-20-17)4-3-7-21-8-9-22-13(2)11-21/h5-6,10,13H,3-4,7-9,11H2,1-2H3/t13-/m0/s1. The van der Waals surface area contributed by atoms with Crippen molar-refractivity contribution >= 4 is 0 Å². The van der Waals surface area contributed by atoms with E-state index in [1.807, 2.05) is 6.07 Å². The van der Waals surface area contributed by atoms with Crippen molar-refractivity contribution in [3.63, 3.8) is 0 Å². The lowest BCUT2D eigenvalue weighted by atomic mass is 10.1. The van der Waals surface area contributed by atoms with Crippen LogP contribution in [0.5, 0.6) is 0 Å². The molecule has 1 fully saturated rings. The van der Waals surface area contributed by atoms with E-state index in [2.05, 4.69) is 22.0 Å². The fourth-order valence-corrected chi connectivity index (χ4v) is 2.75. The first-order valence-electron chi connectivity index (χ1n) is 8.05. The van der Waals surface area contributed by atoms with Crippen LogP contribution in [-0.4, -0.2) is 47.4 Å². The summed E-state index contributed by atoms with van der Waals surface area (Å²) in [6.07, 6.45) is 1.99. The molecule has 0 amide bonds. The maximum absolute atomic E-state index is 13.6. The van der Waals surface area contributed by atoms with Crippen LogP contribution in [0.1, 0.15) is 24.8 Å². The molecule has 0 saturated carbocycles. The van der Waals surface area contributed by atoms with Gasteiger partial charge in [-0.2, -0.15) is 4.98 Å². The molecule has 1 aliphatic heterocycles. The maximum atomic E-state index is 13.6. The molecular weight excluding hydrogens is 297 g/mol. The number of aryl methyl sites for hydroxylation is 2. The molecule has 0 unspecified atom stereocenters. The van der Waals surface area contributed by atoms with Crippen LogP contribution in [0.15, 0.2) is 22.7 Å². The van der Waals surface area contributed by atoms with Gasteiger partial charge in [0, 0.05) is 25.1 Å². The molecule has 3 rings (SSSR count). The van der Waals surface area contributed by atoms with Crippen molar-refractivity contribution in [3.05, 3.63) is 35.5 Å². The minimum Gasteiger partial charge on any atom is -0.376 e. The number of hydrogen-bond acceptors (Lipinski definition) is 5. The number of halogens is 1. The van der Waals surface area contributed by atoms with E-state index in [1.54, 1.807) is 13.0 Å². The lowest BCUT2D eigenvalue weighted by Gasteiger charge is -2.30. The van der Waals surface area contributed by atoms with Gasteiger partial charge in [0.25, 0.3) is 0 Å². The van der Waals surface area contributed by atoms with Crippen LogP contribution in [0, 0.1) is 12.7 Å². The summed E-state index contributed by atoms with van der Waals surface area (Å²) in [5.41, 5.74) is 1.25. The molecule has 0 bridgehead atoms. The van der Waals surface area contributed by atoms with E-state index in [4.69, 9.17) is 9.26 Å². The Labute approximate surface area is 135 Å². The summed E-state index contributed by atoms with van der Waals surface area (Å²) in [5, 5.41) is 3.95. The van der Waals surface area contributed by atoms with E-state index in [-0.39, 0.29) is 5.82 Å². The minimum atomic E-state index is -0.254. The number of rotatable bonds is 5. The number of ether oxygens (including phenoxy) is 1. The highest BCUT2D eigenvalue weighted by Crippen LogP contribution is 2.19. The molecular formula is C17H22FN3O2. The predicted molar refractivity (Wildman–Crippen MR) is 84.6 cm³/mol. The predicted octanol–water partition coefficient (Wildman–Crippen LogP) is 2.84. The third-order valence-electron chi connectivity index (χ3n) is 4.09. The first-order chi connectivity index (χ1) is 11.1. The van der Waals surface area contributed by atoms with Gasteiger partial charge in [-0.25, -0.2) is 4.39 Å². The molecule has 1 atom stereocenters. The fourth-order valence-electron chi connectivity index (χ4n) is 2.75. The second-order valence-corrected chi connectivity index (χ2v) is 6.06. The molecule has 2 heterocycles. The maximum Gasteiger partial charge on any atom is 0.227 e. The molecule has 23 heavy (non-hydrogen) atoms. The average Bonchev–Trinajstić information content (AvgIpc) is 2.99. The Morgan fingerprint density at radius 3 is 3.04 bits per heavy atom.